The van der Waals surface area contributed by atoms with Gasteiger partial charge in [-0.15, -0.1) is 0 Å². The van der Waals surface area contributed by atoms with Gasteiger partial charge < -0.3 is 15.8 Å². The highest BCUT2D eigenvalue weighted by Crippen LogP contribution is 2.26. The second-order valence-electron chi connectivity index (χ2n) is 4.00. The normalized spacial score (nSPS) is 10.2. The molecule has 0 atom stereocenters. The van der Waals surface area contributed by atoms with Gasteiger partial charge in [-0.1, -0.05) is 17.7 Å². The summed E-state index contributed by atoms with van der Waals surface area (Å²) in [4.78, 5) is 12.2. The number of hydrogen-bond donors (Lipinski definition) is 2. The molecule has 2 rings (SSSR count). The molecule has 0 heterocycles. The van der Waals surface area contributed by atoms with Crippen LogP contribution in [-0.2, 0) is 0 Å². The van der Waals surface area contributed by atoms with E-state index in [-0.39, 0.29) is 16.9 Å². The van der Waals surface area contributed by atoms with E-state index in [1.807, 2.05) is 0 Å². The van der Waals surface area contributed by atoms with Gasteiger partial charge in [0.25, 0.3) is 5.91 Å². The number of ether oxygens (including phenoxy) is 1. The molecular weight excluding hydrogens is 283 g/mol. The van der Waals surface area contributed by atoms with Crippen LogP contribution in [0.2, 0.25) is 5.02 Å². The molecule has 2 aromatic carbocycles. The number of nitrogens with one attached hydrogen (secondary N) is 1. The number of rotatable bonds is 3. The lowest BCUT2D eigenvalue weighted by Crippen LogP contribution is -2.15. The number of nitrogens with two attached hydrogens (primary N) is 1. The van der Waals surface area contributed by atoms with E-state index in [4.69, 9.17) is 22.1 Å². The number of anilines is 2. The summed E-state index contributed by atoms with van der Waals surface area (Å²) >= 11 is 5.82. The van der Waals surface area contributed by atoms with Crippen LogP contribution in [0.5, 0.6) is 5.75 Å². The maximum atomic E-state index is 13.6. The first-order valence-corrected chi connectivity index (χ1v) is 6.09. The average Bonchev–Trinajstić information content (AvgIpc) is 2.42. The third-order valence-corrected chi connectivity index (χ3v) is 2.93. The fraction of sp³-hybridized carbons (Fsp3) is 0.0714. The minimum absolute atomic E-state index is 0.0606. The summed E-state index contributed by atoms with van der Waals surface area (Å²) in [5.74, 6) is -0.841. The summed E-state index contributed by atoms with van der Waals surface area (Å²) in [6, 6.07) is 8.71. The Bertz CT molecular complexity index is 641. The number of benzene rings is 2. The van der Waals surface area contributed by atoms with E-state index in [0.29, 0.717) is 10.8 Å². The topological polar surface area (TPSA) is 64.3 Å². The van der Waals surface area contributed by atoms with E-state index in [1.54, 1.807) is 6.07 Å². The minimum Gasteiger partial charge on any atom is -0.496 e. The maximum Gasteiger partial charge on any atom is 0.259 e. The van der Waals surface area contributed by atoms with Crippen molar-refractivity contribution in [3.8, 4) is 5.75 Å². The van der Waals surface area contributed by atoms with Crippen molar-refractivity contribution in [2.24, 2.45) is 0 Å². The summed E-state index contributed by atoms with van der Waals surface area (Å²) in [5.41, 5.74) is 5.96. The molecule has 0 unspecified atom stereocenters. The van der Waals surface area contributed by atoms with E-state index >= 15 is 0 Å². The number of methoxy groups -OCH3 is 1. The van der Waals surface area contributed by atoms with Crippen molar-refractivity contribution in [3.05, 3.63) is 52.8 Å². The summed E-state index contributed by atoms with van der Waals surface area (Å²) in [5, 5.41) is 2.86. The van der Waals surface area contributed by atoms with Crippen LogP contribution in [-0.4, -0.2) is 13.0 Å². The Balaban J connectivity index is 2.33. The SMILES string of the molecule is COc1cc(Cl)ccc1C(=O)Nc1c(N)cccc1F. The molecule has 1 amide bonds. The predicted octanol–water partition coefficient (Wildman–Crippen LogP) is 3.32. The van der Waals surface area contributed by atoms with Crippen molar-refractivity contribution in [2.75, 3.05) is 18.2 Å². The van der Waals surface area contributed by atoms with Crippen LogP contribution >= 0.6 is 11.6 Å². The molecule has 0 aromatic heterocycles. The number of nitrogen functional groups attached to an aromatic ring is 1. The minimum atomic E-state index is -0.605. The quantitative estimate of drug-likeness (QED) is 0.854. The van der Waals surface area contributed by atoms with Crippen molar-refractivity contribution in [3.63, 3.8) is 0 Å². The highest BCUT2D eigenvalue weighted by atomic mass is 35.5. The number of hydrogen-bond acceptors (Lipinski definition) is 3. The monoisotopic (exact) mass is 294 g/mol. The standard InChI is InChI=1S/C14H12ClFN2O2/c1-20-12-7-8(15)5-6-9(12)14(19)18-13-10(16)3-2-4-11(13)17/h2-7H,17H2,1H3,(H,18,19). The number of carbonyl (C=O) groups excluding carboxylic acids is 1. The molecule has 0 aliphatic heterocycles. The maximum absolute atomic E-state index is 13.6. The lowest BCUT2D eigenvalue weighted by Gasteiger charge is -2.11. The summed E-state index contributed by atoms with van der Waals surface area (Å²) in [7, 11) is 1.42. The fourth-order valence-electron chi connectivity index (χ4n) is 1.71. The van der Waals surface area contributed by atoms with Crippen LogP contribution in [0.1, 0.15) is 10.4 Å². The molecule has 20 heavy (non-hydrogen) atoms. The van der Waals surface area contributed by atoms with Crippen LogP contribution in [0.4, 0.5) is 15.8 Å². The molecule has 2 aromatic rings. The first-order chi connectivity index (χ1) is 9.52. The summed E-state index contributed by atoms with van der Waals surface area (Å²) < 4.78 is 18.7. The molecule has 0 bridgehead atoms. The summed E-state index contributed by atoms with van der Waals surface area (Å²) in [6.45, 7) is 0. The van der Waals surface area contributed by atoms with Gasteiger partial charge >= 0.3 is 0 Å². The second-order valence-corrected chi connectivity index (χ2v) is 4.44. The van der Waals surface area contributed by atoms with Crippen molar-refractivity contribution < 1.29 is 13.9 Å². The highest BCUT2D eigenvalue weighted by molar-refractivity contribution is 6.31. The van der Waals surface area contributed by atoms with Gasteiger partial charge in [0.2, 0.25) is 0 Å². The van der Waals surface area contributed by atoms with Crippen LogP contribution < -0.4 is 15.8 Å². The molecule has 0 saturated heterocycles. The number of para-hydroxylation sites is 1. The van der Waals surface area contributed by atoms with E-state index in [2.05, 4.69) is 5.32 Å². The number of carbonyl (C=O) groups is 1. The summed E-state index contributed by atoms with van der Waals surface area (Å²) in [6.07, 6.45) is 0. The van der Waals surface area contributed by atoms with E-state index < -0.39 is 11.7 Å². The zero-order chi connectivity index (χ0) is 14.7. The lowest BCUT2D eigenvalue weighted by atomic mass is 10.1. The van der Waals surface area contributed by atoms with Crippen molar-refractivity contribution in [2.45, 2.75) is 0 Å². The lowest BCUT2D eigenvalue weighted by molar-refractivity contribution is 0.102. The highest BCUT2D eigenvalue weighted by Gasteiger charge is 2.16. The zero-order valence-electron chi connectivity index (χ0n) is 10.6. The van der Waals surface area contributed by atoms with Crippen LogP contribution in [0, 0.1) is 5.82 Å². The molecule has 4 nitrogen and oxygen atoms in total. The molecule has 3 N–H and O–H groups in total. The molecule has 0 saturated carbocycles. The Morgan fingerprint density at radius 1 is 1.35 bits per heavy atom. The van der Waals surface area contributed by atoms with E-state index in [9.17, 15) is 9.18 Å². The van der Waals surface area contributed by atoms with Crippen LogP contribution in [0.25, 0.3) is 0 Å². The third-order valence-electron chi connectivity index (χ3n) is 2.69. The number of amides is 1. The molecular formula is C14H12ClFN2O2. The van der Waals surface area contributed by atoms with Crippen LogP contribution in [0.15, 0.2) is 36.4 Å². The Labute approximate surface area is 120 Å². The van der Waals surface area contributed by atoms with Gasteiger partial charge in [-0.2, -0.15) is 0 Å². The molecule has 6 heteroatoms. The van der Waals surface area contributed by atoms with Gasteiger partial charge in [0.15, 0.2) is 0 Å². The van der Waals surface area contributed by atoms with Gasteiger partial charge in [-0.3, -0.25) is 4.79 Å². The van der Waals surface area contributed by atoms with Gasteiger partial charge in [-0.25, -0.2) is 4.39 Å². The molecule has 104 valence electrons. The molecule has 0 aliphatic carbocycles. The zero-order valence-corrected chi connectivity index (χ0v) is 11.4. The fourth-order valence-corrected chi connectivity index (χ4v) is 1.87. The molecule has 0 fully saturated rings. The molecule has 0 spiro atoms. The Kier molecular flexibility index (Phi) is 4.10. The first-order valence-electron chi connectivity index (χ1n) is 5.72. The molecule has 0 radical (unpaired) electrons. The smallest absolute Gasteiger partial charge is 0.259 e. The second kappa shape index (κ2) is 5.79. The Morgan fingerprint density at radius 2 is 2.10 bits per heavy atom. The van der Waals surface area contributed by atoms with Gasteiger partial charge in [0.1, 0.15) is 17.3 Å². The van der Waals surface area contributed by atoms with Crippen molar-refractivity contribution in [1.82, 2.24) is 0 Å². The van der Waals surface area contributed by atoms with Gasteiger partial charge in [0.05, 0.1) is 18.4 Å². The van der Waals surface area contributed by atoms with Gasteiger partial charge in [-0.05, 0) is 30.3 Å². The van der Waals surface area contributed by atoms with Gasteiger partial charge in [0, 0.05) is 5.02 Å². The van der Waals surface area contributed by atoms with Crippen molar-refractivity contribution >= 4 is 28.9 Å². The third kappa shape index (κ3) is 2.83. The predicted molar refractivity (Wildman–Crippen MR) is 76.8 cm³/mol. The van der Waals surface area contributed by atoms with E-state index in [1.165, 1.54) is 37.4 Å². The Hall–Kier alpha value is -2.27. The van der Waals surface area contributed by atoms with Crippen molar-refractivity contribution in [1.29, 1.82) is 0 Å². The average molecular weight is 295 g/mol. The Morgan fingerprint density at radius 3 is 2.75 bits per heavy atom. The number of halogens is 2. The largest absolute Gasteiger partial charge is 0.496 e. The molecule has 0 aliphatic rings. The van der Waals surface area contributed by atoms with E-state index in [0.717, 1.165) is 0 Å². The first kappa shape index (κ1) is 14.1. The van der Waals surface area contributed by atoms with Crippen LogP contribution in [0.3, 0.4) is 0 Å².